The van der Waals surface area contributed by atoms with Crippen LogP contribution in [0.4, 0.5) is 0 Å². The molecule has 2 aliphatic carbocycles. The van der Waals surface area contributed by atoms with Crippen LogP contribution < -0.4 is 35.2 Å². The van der Waals surface area contributed by atoms with Crippen molar-refractivity contribution in [3.63, 3.8) is 0 Å². The third-order valence-electron chi connectivity index (χ3n) is 5.99. The van der Waals surface area contributed by atoms with Crippen molar-refractivity contribution in [2.45, 2.75) is 34.1 Å². The monoisotopic (exact) mass is 528 g/mol. The largest absolute Gasteiger partial charge is 1.00 e. The number of hydrogen-bond acceptors (Lipinski definition) is 0. The fraction of sp³-hybridized carbons (Fsp3) is 0.231. The first kappa shape index (κ1) is 25.3. The Hall–Kier alpha value is -0.920. The van der Waals surface area contributed by atoms with Gasteiger partial charge in [0.05, 0.1) is 0 Å². The molecular formula is C26H28Cl2SiZr. The van der Waals surface area contributed by atoms with E-state index in [4.69, 9.17) is 0 Å². The maximum atomic E-state index is 2.48. The molecule has 2 aliphatic rings. The molecule has 0 saturated carbocycles. The predicted molar refractivity (Wildman–Crippen MR) is 120 cm³/mol. The third-order valence-corrected chi connectivity index (χ3v) is 13.9. The van der Waals surface area contributed by atoms with E-state index in [1.54, 1.807) is 30.0 Å². The summed E-state index contributed by atoms with van der Waals surface area (Å²) in [6.07, 6.45) is 6.14. The summed E-state index contributed by atoms with van der Waals surface area (Å²) < 4.78 is 3.56. The van der Waals surface area contributed by atoms with Crippen molar-refractivity contribution in [1.82, 2.24) is 0 Å². The standard InChI is InChI=1S/C19H19Si.C7H9.2ClH.Zr/c1-15-13-14-16(2)19(15)20(17-9-5-3-6-10-17)18-11-7-4-8-12-18;1-6-3-4-7(2)5-6;;;/h3-12,20H,13H2,1-2H3;3,5,7H,1-2H3;2*1H;/q;;;;+2/p-2. The molecule has 0 bridgehead atoms. The second-order valence-electron chi connectivity index (χ2n) is 8.15. The fourth-order valence-electron chi connectivity index (χ4n) is 4.63. The molecule has 0 fully saturated rings. The molecule has 1 atom stereocenters. The summed E-state index contributed by atoms with van der Waals surface area (Å²) in [5.74, 6) is 0.660. The molecule has 0 nitrogen and oxygen atoms in total. The van der Waals surface area contributed by atoms with E-state index in [0.29, 0.717) is 5.92 Å². The predicted octanol–water partition coefficient (Wildman–Crippen LogP) is -0.868. The van der Waals surface area contributed by atoms with Crippen molar-refractivity contribution in [1.29, 1.82) is 0 Å². The van der Waals surface area contributed by atoms with Gasteiger partial charge in [0.1, 0.15) is 0 Å². The Morgan fingerprint density at radius 1 is 0.833 bits per heavy atom. The van der Waals surface area contributed by atoms with Gasteiger partial charge in [-0.3, -0.25) is 0 Å². The van der Waals surface area contributed by atoms with E-state index in [9.17, 15) is 0 Å². The van der Waals surface area contributed by atoms with Crippen molar-refractivity contribution in [3.8, 4) is 0 Å². The topological polar surface area (TPSA) is 0 Å². The van der Waals surface area contributed by atoms with Gasteiger partial charge in [-0.25, -0.2) is 0 Å². The van der Waals surface area contributed by atoms with Crippen molar-refractivity contribution < 1.29 is 48.0 Å². The molecule has 0 heterocycles. The molecule has 0 spiro atoms. The van der Waals surface area contributed by atoms with E-state index in [-0.39, 0.29) is 24.8 Å². The van der Waals surface area contributed by atoms with Crippen LogP contribution in [0.5, 0.6) is 0 Å². The van der Waals surface area contributed by atoms with E-state index in [1.165, 1.54) is 12.0 Å². The van der Waals surface area contributed by atoms with Crippen LogP contribution in [0.15, 0.2) is 101 Å². The van der Waals surface area contributed by atoms with Gasteiger partial charge in [-0.15, -0.1) is 0 Å². The molecule has 154 valence electrons. The number of benzene rings is 2. The fourth-order valence-corrected chi connectivity index (χ4v) is 12.5. The summed E-state index contributed by atoms with van der Waals surface area (Å²) in [6.45, 7) is 9.45. The van der Waals surface area contributed by atoms with Gasteiger partial charge in [0.15, 0.2) is 0 Å². The van der Waals surface area contributed by atoms with Gasteiger partial charge in [-0.1, -0.05) is 0 Å². The maximum absolute atomic E-state index is 2.48. The molecule has 2 aromatic carbocycles. The quantitative estimate of drug-likeness (QED) is 0.442. The smallest absolute Gasteiger partial charge is 1.00 e. The van der Waals surface area contributed by atoms with Crippen LogP contribution in [0, 0.1) is 5.92 Å². The number of allylic oxidation sites excluding steroid dienone is 8. The summed E-state index contributed by atoms with van der Waals surface area (Å²) in [4.78, 5) is 0. The van der Waals surface area contributed by atoms with Crippen molar-refractivity contribution >= 4 is 19.2 Å². The molecule has 1 unspecified atom stereocenters. The SMILES string of the molecule is CC1=CC(C)[C]([Zr+2][C]2=C(C)C([SiH](c3ccccc3)c3ccccc3)=C(C)C2)=C1.[Cl-].[Cl-]. The molecule has 0 radical (unpaired) electrons. The summed E-state index contributed by atoms with van der Waals surface area (Å²) in [5, 5.41) is 4.80. The molecule has 0 saturated heterocycles. The molecule has 2 aromatic rings. The zero-order valence-corrected chi connectivity index (χ0v) is 23.2. The Labute approximate surface area is 207 Å². The van der Waals surface area contributed by atoms with Gasteiger partial charge in [-0.2, -0.15) is 0 Å². The molecule has 0 aliphatic heterocycles. The number of halogens is 2. The molecular weight excluding hydrogens is 503 g/mol. The Morgan fingerprint density at radius 3 is 1.83 bits per heavy atom. The van der Waals surface area contributed by atoms with E-state index >= 15 is 0 Å². The van der Waals surface area contributed by atoms with Crippen LogP contribution in [-0.4, -0.2) is 8.80 Å². The van der Waals surface area contributed by atoms with Crippen molar-refractivity contribution in [3.05, 3.63) is 101 Å². The minimum atomic E-state index is -1.42. The average molecular weight is 531 g/mol. The summed E-state index contributed by atoms with van der Waals surface area (Å²) in [7, 11) is -1.42. The van der Waals surface area contributed by atoms with Gasteiger partial charge in [-0.05, 0) is 0 Å². The zero-order chi connectivity index (χ0) is 19.7. The second-order valence-corrected chi connectivity index (χ2v) is 14.4. The Kier molecular flexibility index (Phi) is 9.37. The van der Waals surface area contributed by atoms with Crippen LogP contribution >= 0.6 is 0 Å². The first-order valence-corrected chi connectivity index (χ1v) is 14.4. The van der Waals surface area contributed by atoms with Crippen LogP contribution in [0.3, 0.4) is 0 Å². The Morgan fingerprint density at radius 2 is 1.37 bits per heavy atom. The molecule has 0 N–H and O–H groups in total. The van der Waals surface area contributed by atoms with Crippen LogP contribution in [0.1, 0.15) is 34.1 Å². The third kappa shape index (κ3) is 5.28. The van der Waals surface area contributed by atoms with Gasteiger partial charge >= 0.3 is 184 Å². The summed E-state index contributed by atoms with van der Waals surface area (Å²) in [5.41, 5.74) is 4.74. The molecule has 4 heteroatoms. The van der Waals surface area contributed by atoms with Gasteiger partial charge in [0.25, 0.3) is 0 Å². The Bertz CT molecular complexity index is 964. The minimum absolute atomic E-state index is 0. The van der Waals surface area contributed by atoms with E-state index in [2.05, 4.69) is 101 Å². The summed E-state index contributed by atoms with van der Waals surface area (Å²) in [6, 6.07) is 22.5. The maximum Gasteiger partial charge on any atom is -1.00 e. The molecule has 4 rings (SSSR count). The molecule has 30 heavy (non-hydrogen) atoms. The zero-order valence-electron chi connectivity index (χ0n) is 18.0. The first-order valence-electron chi connectivity index (χ1n) is 10.2. The first-order chi connectivity index (χ1) is 13.5. The van der Waals surface area contributed by atoms with Crippen molar-refractivity contribution in [2.24, 2.45) is 5.92 Å². The molecule has 0 aromatic heterocycles. The number of rotatable bonds is 5. The van der Waals surface area contributed by atoms with Gasteiger partial charge < -0.3 is 24.8 Å². The second kappa shape index (κ2) is 11.1. The average Bonchev–Trinajstić information content (AvgIpc) is 3.16. The van der Waals surface area contributed by atoms with Gasteiger partial charge in [0, 0.05) is 0 Å². The van der Waals surface area contributed by atoms with E-state index in [0.717, 1.165) is 0 Å². The van der Waals surface area contributed by atoms with Crippen LogP contribution in [-0.2, 0) is 23.2 Å². The van der Waals surface area contributed by atoms with Crippen LogP contribution in [0.25, 0.3) is 0 Å². The normalized spacial score (nSPS) is 18.0. The Balaban J connectivity index is 0.00000160. The van der Waals surface area contributed by atoms with Crippen LogP contribution in [0.2, 0.25) is 0 Å². The van der Waals surface area contributed by atoms with E-state index < -0.39 is 32.0 Å². The minimum Gasteiger partial charge on any atom is -1.00 e. The summed E-state index contributed by atoms with van der Waals surface area (Å²) >= 11 is -0.680. The number of hydrogen-bond donors (Lipinski definition) is 0. The van der Waals surface area contributed by atoms with Gasteiger partial charge in [0.2, 0.25) is 0 Å². The van der Waals surface area contributed by atoms with E-state index in [1.807, 2.05) is 3.28 Å². The van der Waals surface area contributed by atoms with Crippen molar-refractivity contribution in [2.75, 3.05) is 0 Å². The molecule has 0 amide bonds.